The van der Waals surface area contributed by atoms with Gasteiger partial charge in [0.15, 0.2) is 0 Å². The first kappa shape index (κ1) is 12.8. The molecular weight excluding hydrogens is 208 g/mol. The number of carbonyl (C=O) groups excluding carboxylic acids is 1. The molecule has 0 radical (unpaired) electrons. The number of likely N-dealkylation sites (tertiary alicyclic amines) is 1. The molecule has 1 heterocycles. The number of carboxylic acid groups (broad SMARTS) is 1. The molecule has 1 aliphatic heterocycles. The van der Waals surface area contributed by atoms with Gasteiger partial charge in [0.1, 0.15) is 6.04 Å². The number of likely N-dealkylation sites (N-methyl/N-ethyl adjacent to an activating group) is 1. The van der Waals surface area contributed by atoms with Crippen LogP contribution in [0.3, 0.4) is 0 Å². The Bertz CT molecular complexity index is 280. The zero-order chi connectivity index (χ0) is 12.3. The molecule has 16 heavy (non-hydrogen) atoms. The molecule has 0 aromatic carbocycles. The van der Waals surface area contributed by atoms with Crippen molar-refractivity contribution < 1.29 is 14.7 Å². The van der Waals surface area contributed by atoms with Crippen LogP contribution in [-0.4, -0.2) is 53.1 Å². The lowest BCUT2D eigenvalue weighted by atomic mass is 10.2. The highest BCUT2D eigenvalue weighted by Gasteiger charge is 2.31. The molecule has 1 fully saturated rings. The number of nitrogens with zero attached hydrogens (tertiary/aromatic N) is 2. The number of amides is 2. The zero-order valence-corrected chi connectivity index (χ0v) is 10.1. The van der Waals surface area contributed by atoms with Gasteiger partial charge in [-0.3, -0.25) is 0 Å². The smallest absolute Gasteiger partial charge is 0.326 e. The molecule has 92 valence electrons. The fraction of sp³-hybridized carbons (Fsp3) is 0.818. The van der Waals surface area contributed by atoms with Gasteiger partial charge in [0.25, 0.3) is 0 Å². The molecular formula is C11H20N2O3. The van der Waals surface area contributed by atoms with Crippen LogP contribution < -0.4 is 0 Å². The van der Waals surface area contributed by atoms with Crippen molar-refractivity contribution in [2.45, 2.75) is 32.7 Å². The van der Waals surface area contributed by atoms with Gasteiger partial charge >= 0.3 is 12.0 Å². The van der Waals surface area contributed by atoms with Gasteiger partial charge in [-0.2, -0.15) is 0 Å². The molecule has 2 atom stereocenters. The van der Waals surface area contributed by atoms with Crippen molar-refractivity contribution in [3.8, 4) is 0 Å². The molecule has 0 saturated carbocycles. The maximum atomic E-state index is 12.0. The van der Waals surface area contributed by atoms with Crippen LogP contribution in [0.5, 0.6) is 0 Å². The lowest BCUT2D eigenvalue weighted by Gasteiger charge is -2.28. The highest BCUT2D eigenvalue weighted by molar-refractivity contribution is 5.82. The fourth-order valence-corrected chi connectivity index (χ4v) is 2.08. The molecule has 0 aromatic rings. The Morgan fingerprint density at radius 2 is 2.19 bits per heavy atom. The molecule has 2 unspecified atom stereocenters. The highest BCUT2D eigenvalue weighted by Crippen LogP contribution is 2.17. The third-order valence-electron chi connectivity index (χ3n) is 3.14. The summed E-state index contributed by atoms with van der Waals surface area (Å²) in [4.78, 5) is 26.0. The SMILES string of the molecule is CCC(C(=O)O)N(C)C(=O)N1CCC(C)C1. The highest BCUT2D eigenvalue weighted by atomic mass is 16.4. The second-order valence-electron chi connectivity index (χ2n) is 4.50. The van der Waals surface area contributed by atoms with Gasteiger partial charge in [0.2, 0.25) is 0 Å². The number of carbonyl (C=O) groups is 2. The van der Waals surface area contributed by atoms with Gasteiger partial charge in [-0.15, -0.1) is 0 Å². The second-order valence-corrected chi connectivity index (χ2v) is 4.50. The van der Waals surface area contributed by atoms with Crippen molar-refractivity contribution in [3.05, 3.63) is 0 Å². The van der Waals surface area contributed by atoms with Crippen LogP contribution >= 0.6 is 0 Å². The molecule has 0 aliphatic carbocycles. The van der Waals surface area contributed by atoms with Crippen molar-refractivity contribution >= 4 is 12.0 Å². The van der Waals surface area contributed by atoms with Crippen molar-refractivity contribution in [1.82, 2.24) is 9.80 Å². The van der Waals surface area contributed by atoms with Crippen LogP contribution in [0.1, 0.15) is 26.7 Å². The number of rotatable bonds is 3. The van der Waals surface area contributed by atoms with E-state index in [0.29, 0.717) is 12.3 Å². The summed E-state index contributed by atoms with van der Waals surface area (Å²) >= 11 is 0. The minimum atomic E-state index is -0.939. The minimum absolute atomic E-state index is 0.168. The third-order valence-corrected chi connectivity index (χ3v) is 3.14. The lowest BCUT2D eigenvalue weighted by molar-refractivity contribution is -0.142. The molecule has 1 aliphatic rings. The van der Waals surface area contributed by atoms with Crippen LogP contribution in [0, 0.1) is 5.92 Å². The Morgan fingerprint density at radius 1 is 1.56 bits per heavy atom. The Balaban J connectivity index is 2.62. The number of carboxylic acids is 1. The van der Waals surface area contributed by atoms with E-state index < -0.39 is 12.0 Å². The zero-order valence-electron chi connectivity index (χ0n) is 10.1. The molecule has 5 heteroatoms. The molecule has 1 saturated heterocycles. The van der Waals surface area contributed by atoms with Gasteiger partial charge in [-0.05, 0) is 18.8 Å². The standard InChI is InChI=1S/C11H20N2O3/c1-4-9(10(14)15)12(3)11(16)13-6-5-8(2)7-13/h8-9H,4-7H2,1-3H3,(H,14,15). The van der Waals surface area contributed by atoms with E-state index in [4.69, 9.17) is 5.11 Å². The average Bonchev–Trinajstić information content (AvgIpc) is 2.64. The second kappa shape index (κ2) is 5.18. The summed E-state index contributed by atoms with van der Waals surface area (Å²) < 4.78 is 0. The van der Waals surface area contributed by atoms with E-state index in [0.717, 1.165) is 19.5 Å². The average molecular weight is 228 g/mol. The third kappa shape index (κ3) is 2.65. The predicted octanol–water partition coefficient (Wildman–Crippen LogP) is 1.24. The monoisotopic (exact) mass is 228 g/mol. The summed E-state index contributed by atoms with van der Waals surface area (Å²) in [7, 11) is 1.56. The Hall–Kier alpha value is -1.26. The summed E-state index contributed by atoms with van der Waals surface area (Å²) in [5.41, 5.74) is 0. The van der Waals surface area contributed by atoms with Gasteiger partial charge in [0, 0.05) is 20.1 Å². The maximum Gasteiger partial charge on any atom is 0.326 e. The van der Waals surface area contributed by atoms with Crippen LogP contribution in [-0.2, 0) is 4.79 Å². The van der Waals surface area contributed by atoms with E-state index in [-0.39, 0.29) is 6.03 Å². The van der Waals surface area contributed by atoms with Crippen LogP contribution in [0.25, 0.3) is 0 Å². The number of urea groups is 1. The molecule has 5 nitrogen and oxygen atoms in total. The van der Waals surface area contributed by atoms with Crippen LogP contribution in [0.15, 0.2) is 0 Å². The van der Waals surface area contributed by atoms with Crippen LogP contribution in [0.2, 0.25) is 0 Å². The molecule has 0 spiro atoms. The molecule has 1 N–H and O–H groups in total. The first-order chi connectivity index (χ1) is 7.47. The first-order valence-corrected chi connectivity index (χ1v) is 5.71. The fourth-order valence-electron chi connectivity index (χ4n) is 2.08. The summed E-state index contributed by atoms with van der Waals surface area (Å²) in [5, 5.41) is 8.97. The largest absolute Gasteiger partial charge is 0.480 e. The van der Waals surface area contributed by atoms with E-state index in [1.807, 2.05) is 0 Å². The van der Waals surface area contributed by atoms with Gasteiger partial charge in [-0.25, -0.2) is 9.59 Å². The summed E-state index contributed by atoms with van der Waals surface area (Å²) in [5.74, 6) is -0.423. The Kier molecular flexibility index (Phi) is 4.15. The molecule has 0 bridgehead atoms. The summed E-state index contributed by atoms with van der Waals surface area (Å²) in [6, 6.07) is -0.887. The van der Waals surface area contributed by atoms with Gasteiger partial charge in [0.05, 0.1) is 0 Å². The van der Waals surface area contributed by atoms with Crippen LogP contribution in [0.4, 0.5) is 4.79 Å². The summed E-state index contributed by atoms with van der Waals surface area (Å²) in [6.07, 6.45) is 1.43. The minimum Gasteiger partial charge on any atom is -0.480 e. The number of hydrogen-bond acceptors (Lipinski definition) is 2. The Labute approximate surface area is 96.0 Å². The van der Waals surface area contributed by atoms with E-state index >= 15 is 0 Å². The first-order valence-electron chi connectivity index (χ1n) is 5.71. The number of aliphatic carboxylic acids is 1. The van der Waals surface area contributed by atoms with Crippen molar-refractivity contribution in [1.29, 1.82) is 0 Å². The number of hydrogen-bond donors (Lipinski definition) is 1. The van der Waals surface area contributed by atoms with Crippen molar-refractivity contribution in [2.75, 3.05) is 20.1 Å². The quantitative estimate of drug-likeness (QED) is 0.790. The Morgan fingerprint density at radius 3 is 2.56 bits per heavy atom. The molecule has 1 rings (SSSR count). The van der Waals surface area contributed by atoms with Gasteiger partial charge < -0.3 is 14.9 Å². The normalized spacial score (nSPS) is 21.9. The maximum absolute atomic E-state index is 12.0. The van der Waals surface area contributed by atoms with Gasteiger partial charge in [-0.1, -0.05) is 13.8 Å². The van der Waals surface area contributed by atoms with E-state index in [9.17, 15) is 9.59 Å². The van der Waals surface area contributed by atoms with E-state index in [2.05, 4.69) is 6.92 Å². The van der Waals surface area contributed by atoms with E-state index in [1.165, 1.54) is 4.90 Å². The van der Waals surface area contributed by atoms with Crippen molar-refractivity contribution in [3.63, 3.8) is 0 Å². The predicted molar refractivity (Wildman–Crippen MR) is 60.2 cm³/mol. The van der Waals surface area contributed by atoms with Crippen molar-refractivity contribution in [2.24, 2.45) is 5.92 Å². The molecule has 0 aromatic heterocycles. The topological polar surface area (TPSA) is 60.9 Å². The lowest BCUT2D eigenvalue weighted by Crippen LogP contribution is -2.48. The molecule has 2 amide bonds. The summed E-state index contributed by atoms with van der Waals surface area (Å²) in [6.45, 7) is 5.34. The van der Waals surface area contributed by atoms with E-state index in [1.54, 1.807) is 18.9 Å².